The van der Waals surface area contributed by atoms with Crippen LogP contribution >= 0.6 is 0 Å². The van der Waals surface area contributed by atoms with Gasteiger partial charge in [0.25, 0.3) is 5.56 Å². The van der Waals surface area contributed by atoms with Crippen molar-refractivity contribution in [1.82, 2.24) is 9.88 Å². The minimum atomic E-state index is 0.0670. The van der Waals surface area contributed by atoms with E-state index in [0.29, 0.717) is 5.92 Å². The molecule has 1 aromatic rings. The average Bonchev–Trinajstić information content (AvgIpc) is 2.39. The Kier molecular flexibility index (Phi) is 4.20. The van der Waals surface area contributed by atoms with Gasteiger partial charge in [-0.15, -0.1) is 0 Å². The third-order valence-electron chi connectivity index (χ3n) is 3.32. The summed E-state index contributed by atoms with van der Waals surface area (Å²) in [4.78, 5) is 11.4. The SMILES string of the molecule is CCn1cc(NCC2CCCNC2)ccc1=O. The van der Waals surface area contributed by atoms with Gasteiger partial charge in [-0.05, 0) is 44.8 Å². The molecule has 1 atom stereocenters. The molecule has 2 heterocycles. The summed E-state index contributed by atoms with van der Waals surface area (Å²) in [5.74, 6) is 0.700. The van der Waals surface area contributed by atoms with Crippen molar-refractivity contribution in [3.8, 4) is 0 Å². The first-order valence-electron chi connectivity index (χ1n) is 6.44. The third-order valence-corrected chi connectivity index (χ3v) is 3.32. The summed E-state index contributed by atoms with van der Waals surface area (Å²) in [5, 5.41) is 6.82. The Morgan fingerprint density at radius 3 is 3.12 bits per heavy atom. The zero-order valence-electron chi connectivity index (χ0n) is 10.4. The van der Waals surface area contributed by atoms with Gasteiger partial charge in [-0.1, -0.05) is 0 Å². The quantitative estimate of drug-likeness (QED) is 0.826. The van der Waals surface area contributed by atoms with E-state index in [2.05, 4.69) is 10.6 Å². The molecule has 1 fully saturated rings. The van der Waals surface area contributed by atoms with Gasteiger partial charge in [0.15, 0.2) is 0 Å². The van der Waals surface area contributed by atoms with Crippen molar-refractivity contribution >= 4 is 5.69 Å². The third kappa shape index (κ3) is 3.33. The van der Waals surface area contributed by atoms with Crippen molar-refractivity contribution in [2.45, 2.75) is 26.3 Å². The number of rotatable bonds is 4. The van der Waals surface area contributed by atoms with Crippen LogP contribution in [0.4, 0.5) is 5.69 Å². The number of aromatic nitrogens is 1. The highest BCUT2D eigenvalue weighted by molar-refractivity contribution is 5.40. The number of piperidine rings is 1. The van der Waals surface area contributed by atoms with Crippen LogP contribution in [0.1, 0.15) is 19.8 Å². The van der Waals surface area contributed by atoms with Crippen molar-refractivity contribution < 1.29 is 0 Å². The Morgan fingerprint density at radius 1 is 1.53 bits per heavy atom. The summed E-state index contributed by atoms with van der Waals surface area (Å²) < 4.78 is 1.72. The molecule has 0 aliphatic carbocycles. The molecular formula is C13H21N3O. The van der Waals surface area contributed by atoms with Crippen LogP contribution < -0.4 is 16.2 Å². The van der Waals surface area contributed by atoms with Gasteiger partial charge in [0.1, 0.15) is 0 Å². The lowest BCUT2D eigenvalue weighted by molar-refractivity contribution is 0.393. The predicted molar refractivity (Wildman–Crippen MR) is 70.5 cm³/mol. The van der Waals surface area contributed by atoms with Gasteiger partial charge in [0.05, 0.1) is 5.69 Å². The smallest absolute Gasteiger partial charge is 0.250 e. The van der Waals surface area contributed by atoms with Crippen molar-refractivity contribution in [2.75, 3.05) is 25.0 Å². The number of pyridine rings is 1. The molecule has 0 bridgehead atoms. The topological polar surface area (TPSA) is 46.1 Å². The van der Waals surface area contributed by atoms with Gasteiger partial charge in [-0.3, -0.25) is 4.79 Å². The molecule has 0 radical (unpaired) electrons. The first-order valence-corrected chi connectivity index (χ1v) is 6.44. The molecule has 2 N–H and O–H groups in total. The fraction of sp³-hybridized carbons (Fsp3) is 0.615. The first-order chi connectivity index (χ1) is 8.29. The van der Waals surface area contributed by atoms with Crippen LogP contribution in [0.3, 0.4) is 0 Å². The summed E-state index contributed by atoms with van der Waals surface area (Å²) in [7, 11) is 0. The Hall–Kier alpha value is -1.29. The lowest BCUT2D eigenvalue weighted by atomic mass is 10.00. The maximum absolute atomic E-state index is 11.4. The predicted octanol–water partition coefficient (Wildman–Crippen LogP) is 1.28. The van der Waals surface area contributed by atoms with Gasteiger partial charge < -0.3 is 15.2 Å². The molecule has 4 nitrogen and oxygen atoms in total. The molecule has 1 aromatic heterocycles. The minimum absolute atomic E-state index is 0.0670. The second-order valence-corrected chi connectivity index (χ2v) is 4.64. The van der Waals surface area contributed by atoms with Crippen molar-refractivity contribution in [1.29, 1.82) is 0 Å². The molecule has 0 amide bonds. The Balaban J connectivity index is 1.91. The number of nitrogens with zero attached hydrogens (tertiary/aromatic N) is 1. The Bertz CT molecular complexity index is 407. The second kappa shape index (κ2) is 5.87. The molecule has 0 aromatic carbocycles. The molecule has 4 heteroatoms. The van der Waals surface area contributed by atoms with Gasteiger partial charge in [-0.25, -0.2) is 0 Å². The van der Waals surface area contributed by atoms with E-state index in [1.807, 2.05) is 19.2 Å². The fourth-order valence-electron chi connectivity index (χ4n) is 2.24. The zero-order valence-corrected chi connectivity index (χ0v) is 10.4. The monoisotopic (exact) mass is 235 g/mol. The van der Waals surface area contributed by atoms with Crippen LogP contribution in [-0.2, 0) is 6.54 Å². The zero-order chi connectivity index (χ0) is 12.1. The van der Waals surface area contributed by atoms with Crippen LogP contribution in [0.5, 0.6) is 0 Å². The Morgan fingerprint density at radius 2 is 2.41 bits per heavy atom. The first kappa shape index (κ1) is 12.2. The maximum atomic E-state index is 11.4. The highest BCUT2D eigenvalue weighted by Crippen LogP contribution is 2.11. The molecule has 1 aliphatic rings. The minimum Gasteiger partial charge on any atom is -0.384 e. The van der Waals surface area contributed by atoms with E-state index in [4.69, 9.17) is 0 Å². The molecule has 1 unspecified atom stereocenters. The number of nitrogens with one attached hydrogen (secondary N) is 2. The Labute approximate surface area is 102 Å². The standard InChI is InChI=1S/C13H21N3O/c1-2-16-10-12(5-6-13(16)17)15-9-11-4-3-7-14-8-11/h5-6,10-11,14-15H,2-4,7-9H2,1H3. The van der Waals surface area contributed by atoms with E-state index >= 15 is 0 Å². The second-order valence-electron chi connectivity index (χ2n) is 4.64. The van der Waals surface area contributed by atoms with E-state index in [1.165, 1.54) is 12.8 Å². The summed E-state index contributed by atoms with van der Waals surface area (Å²) in [6.07, 6.45) is 4.45. The summed E-state index contributed by atoms with van der Waals surface area (Å²) in [5.41, 5.74) is 1.11. The summed E-state index contributed by atoms with van der Waals surface area (Å²) in [6, 6.07) is 3.50. The summed E-state index contributed by atoms with van der Waals surface area (Å²) in [6.45, 7) is 5.93. The maximum Gasteiger partial charge on any atom is 0.250 e. The van der Waals surface area contributed by atoms with Crippen LogP contribution in [0.25, 0.3) is 0 Å². The van der Waals surface area contributed by atoms with Crippen LogP contribution in [0.15, 0.2) is 23.1 Å². The van der Waals surface area contributed by atoms with Crippen LogP contribution in [-0.4, -0.2) is 24.2 Å². The summed E-state index contributed by atoms with van der Waals surface area (Å²) >= 11 is 0. The molecular weight excluding hydrogens is 214 g/mol. The number of hydrogen-bond acceptors (Lipinski definition) is 3. The van der Waals surface area contributed by atoms with Crippen molar-refractivity contribution in [3.05, 3.63) is 28.7 Å². The molecule has 0 spiro atoms. The van der Waals surface area contributed by atoms with Crippen molar-refractivity contribution in [3.63, 3.8) is 0 Å². The highest BCUT2D eigenvalue weighted by atomic mass is 16.1. The molecule has 1 aliphatic heterocycles. The number of hydrogen-bond donors (Lipinski definition) is 2. The van der Waals surface area contributed by atoms with Gasteiger partial charge in [-0.2, -0.15) is 0 Å². The van der Waals surface area contributed by atoms with E-state index in [9.17, 15) is 4.79 Å². The van der Waals surface area contributed by atoms with E-state index in [1.54, 1.807) is 10.6 Å². The molecule has 1 saturated heterocycles. The van der Waals surface area contributed by atoms with Crippen LogP contribution in [0, 0.1) is 5.92 Å². The largest absolute Gasteiger partial charge is 0.384 e. The average molecular weight is 235 g/mol. The molecule has 17 heavy (non-hydrogen) atoms. The highest BCUT2D eigenvalue weighted by Gasteiger charge is 2.12. The van der Waals surface area contributed by atoms with E-state index < -0.39 is 0 Å². The van der Waals surface area contributed by atoms with Crippen LogP contribution in [0.2, 0.25) is 0 Å². The lowest BCUT2D eigenvalue weighted by Gasteiger charge is -2.23. The van der Waals surface area contributed by atoms with Gasteiger partial charge in [0, 0.05) is 25.4 Å². The van der Waals surface area contributed by atoms with Crippen molar-refractivity contribution in [2.24, 2.45) is 5.92 Å². The number of anilines is 1. The van der Waals surface area contributed by atoms with E-state index in [0.717, 1.165) is 31.9 Å². The molecule has 2 rings (SSSR count). The lowest BCUT2D eigenvalue weighted by Crippen LogP contribution is -2.33. The van der Waals surface area contributed by atoms with Gasteiger partial charge >= 0.3 is 0 Å². The van der Waals surface area contributed by atoms with Gasteiger partial charge in [0.2, 0.25) is 0 Å². The normalized spacial score (nSPS) is 20.2. The molecule has 94 valence electrons. The van der Waals surface area contributed by atoms with E-state index in [-0.39, 0.29) is 5.56 Å². The number of aryl methyl sites for hydroxylation is 1. The molecule has 0 saturated carbocycles. The fourth-order valence-corrected chi connectivity index (χ4v) is 2.24.